The summed E-state index contributed by atoms with van der Waals surface area (Å²) in [5.74, 6) is 1.30. The summed E-state index contributed by atoms with van der Waals surface area (Å²) in [7, 11) is 0. The number of pyridine rings is 1. The van der Waals surface area contributed by atoms with Gasteiger partial charge in [0.15, 0.2) is 0 Å². The fraction of sp³-hybridized carbons (Fsp3) is 0.625. The van der Waals surface area contributed by atoms with Crippen LogP contribution in [0.4, 0.5) is 5.82 Å². The van der Waals surface area contributed by atoms with E-state index in [1.807, 2.05) is 6.20 Å². The highest BCUT2D eigenvalue weighted by Crippen LogP contribution is 2.18. The Labute approximate surface area is 125 Å². The summed E-state index contributed by atoms with van der Waals surface area (Å²) < 4.78 is 5.28. The van der Waals surface area contributed by atoms with Crippen molar-refractivity contribution in [1.82, 2.24) is 10.3 Å². The second kappa shape index (κ2) is 6.89. The predicted octanol–water partition coefficient (Wildman–Crippen LogP) is 1.72. The molecule has 1 aromatic rings. The van der Waals surface area contributed by atoms with E-state index in [0.29, 0.717) is 19.8 Å². The molecule has 0 saturated carbocycles. The molecule has 0 atom stereocenters. The Hall–Kier alpha value is -1.62. The number of ether oxygens (including phenoxy) is 1. The molecule has 0 bridgehead atoms. The zero-order valence-corrected chi connectivity index (χ0v) is 12.4. The van der Waals surface area contributed by atoms with Crippen molar-refractivity contribution in [2.75, 3.05) is 31.2 Å². The van der Waals surface area contributed by atoms with E-state index in [9.17, 15) is 4.79 Å². The van der Waals surface area contributed by atoms with Crippen LogP contribution in [-0.2, 0) is 16.1 Å². The van der Waals surface area contributed by atoms with Crippen molar-refractivity contribution in [2.45, 2.75) is 32.2 Å². The number of amides is 1. The van der Waals surface area contributed by atoms with Gasteiger partial charge in [-0.15, -0.1) is 0 Å². The Morgan fingerprint density at radius 1 is 1.29 bits per heavy atom. The second-order valence-electron chi connectivity index (χ2n) is 5.82. The number of carbonyl (C=O) groups is 1. The van der Waals surface area contributed by atoms with Crippen LogP contribution in [0.25, 0.3) is 0 Å². The number of rotatable bonds is 4. The quantitative estimate of drug-likeness (QED) is 0.917. The van der Waals surface area contributed by atoms with E-state index in [1.165, 1.54) is 12.8 Å². The summed E-state index contributed by atoms with van der Waals surface area (Å²) in [5, 5.41) is 3.01. The molecule has 3 rings (SSSR count). The fourth-order valence-corrected chi connectivity index (χ4v) is 2.95. The first-order valence-electron chi connectivity index (χ1n) is 7.88. The van der Waals surface area contributed by atoms with Gasteiger partial charge < -0.3 is 15.0 Å². The van der Waals surface area contributed by atoms with Gasteiger partial charge in [-0.3, -0.25) is 4.79 Å². The van der Waals surface area contributed by atoms with Crippen molar-refractivity contribution in [1.29, 1.82) is 0 Å². The highest BCUT2D eigenvalue weighted by Gasteiger charge is 2.21. The smallest absolute Gasteiger partial charge is 0.223 e. The van der Waals surface area contributed by atoms with Crippen molar-refractivity contribution in [3.8, 4) is 0 Å². The summed E-state index contributed by atoms with van der Waals surface area (Å²) in [6.45, 7) is 4.16. The van der Waals surface area contributed by atoms with Gasteiger partial charge in [-0.1, -0.05) is 6.07 Å². The Balaban J connectivity index is 1.49. The number of nitrogens with zero attached hydrogens (tertiary/aromatic N) is 2. The predicted molar refractivity (Wildman–Crippen MR) is 81.1 cm³/mol. The molecule has 0 aromatic carbocycles. The normalized spacial score (nSPS) is 19.7. The first-order valence-corrected chi connectivity index (χ1v) is 7.88. The maximum atomic E-state index is 12.1. The Morgan fingerprint density at radius 3 is 2.71 bits per heavy atom. The molecule has 1 aromatic heterocycles. The van der Waals surface area contributed by atoms with Gasteiger partial charge in [0.05, 0.1) is 0 Å². The number of anilines is 1. The lowest BCUT2D eigenvalue weighted by atomic mass is 9.99. The molecule has 5 nitrogen and oxygen atoms in total. The van der Waals surface area contributed by atoms with Gasteiger partial charge in [-0.05, 0) is 37.3 Å². The zero-order valence-electron chi connectivity index (χ0n) is 12.4. The molecule has 114 valence electrons. The highest BCUT2D eigenvalue weighted by molar-refractivity contribution is 5.78. The van der Waals surface area contributed by atoms with Gasteiger partial charge in [0, 0.05) is 45.0 Å². The van der Waals surface area contributed by atoms with Crippen molar-refractivity contribution in [3.63, 3.8) is 0 Å². The summed E-state index contributed by atoms with van der Waals surface area (Å²) in [6.07, 6.45) is 6.04. The molecule has 2 saturated heterocycles. The van der Waals surface area contributed by atoms with Gasteiger partial charge in [-0.2, -0.15) is 0 Å². The fourth-order valence-electron chi connectivity index (χ4n) is 2.95. The molecule has 0 unspecified atom stereocenters. The number of hydrogen-bond donors (Lipinski definition) is 1. The molecule has 0 aliphatic carbocycles. The Kier molecular flexibility index (Phi) is 4.70. The van der Waals surface area contributed by atoms with Gasteiger partial charge in [0.1, 0.15) is 5.82 Å². The first kappa shape index (κ1) is 14.3. The minimum Gasteiger partial charge on any atom is -0.381 e. The highest BCUT2D eigenvalue weighted by atomic mass is 16.5. The average Bonchev–Trinajstić information content (AvgIpc) is 3.08. The standard InChI is InChI=1S/C16H23N3O2/c20-16(14-5-9-21-10-6-14)18-12-13-3-4-15(17-11-13)19-7-1-2-8-19/h3-4,11,14H,1-2,5-10,12H2,(H,18,20). The summed E-state index contributed by atoms with van der Waals surface area (Å²) in [6, 6.07) is 4.12. The monoisotopic (exact) mass is 289 g/mol. The summed E-state index contributed by atoms with van der Waals surface area (Å²) in [5.41, 5.74) is 1.05. The lowest BCUT2D eigenvalue weighted by molar-refractivity contribution is -0.128. The molecule has 1 N–H and O–H groups in total. The molecule has 0 radical (unpaired) electrons. The van der Waals surface area contributed by atoms with E-state index in [2.05, 4.69) is 27.3 Å². The number of carbonyl (C=O) groups excluding carboxylic acids is 1. The van der Waals surface area contributed by atoms with Crippen LogP contribution in [0, 0.1) is 5.92 Å². The molecule has 2 aliphatic heterocycles. The van der Waals surface area contributed by atoms with Crippen LogP contribution in [-0.4, -0.2) is 37.2 Å². The van der Waals surface area contributed by atoms with E-state index in [4.69, 9.17) is 4.74 Å². The van der Waals surface area contributed by atoms with E-state index < -0.39 is 0 Å². The van der Waals surface area contributed by atoms with Gasteiger partial charge in [0.2, 0.25) is 5.91 Å². The van der Waals surface area contributed by atoms with Crippen LogP contribution in [0.3, 0.4) is 0 Å². The Bertz CT molecular complexity index is 463. The van der Waals surface area contributed by atoms with Crippen molar-refractivity contribution >= 4 is 11.7 Å². The van der Waals surface area contributed by atoms with Crippen LogP contribution in [0.1, 0.15) is 31.2 Å². The first-order chi connectivity index (χ1) is 10.3. The molecule has 0 spiro atoms. The summed E-state index contributed by atoms with van der Waals surface area (Å²) in [4.78, 5) is 18.9. The molecule has 3 heterocycles. The van der Waals surface area contributed by atoms with E-state index in [1.54, 1.807) is 0 Å². The number of aromatic nitrogens is 1. The molecule has 5 heteroatoms. The van der Waals surface area contributed by atoms with Gasteiger partial charge in [-0.25, -0.2) is 4.98 Å². The minimum atomic E-state index is 0.107. The number of nitrogens with one attached hydrogen (secondary N) is 1. The molecule has 21 heavy (non-hydrogen) atoms. The maximum absolute atomic E-state index is 12.1. The van der Waals surface area contributed by atoms with Crippen LogP contribution >= 0.6 is 0 Å². The lowest BCUT2D eigenvalue weighted by Gasteiger charge is -2.21. The number of hydrogen-bond acceptors (Lipinski definition) is 4. The topological polar surface area (TPSA) is 54.5 Å². The Morgan fingerprint density at radius 2 is 2.05 bits per heavy atom. The van der Waals surface area contributed by atoms with Crippen LogP contribution < -0.4 is 10.2 Å². The van der Waals surface area contributed by atoms with Crippen LogP contribution in [0.15, 0.2) is 18.3 Å². The third-order valence-electron chi connectivity index (χ3n) is 4.30. The molecule has 2 aliphatic rings. The lowest BCUT2D eigenvalue weighted by Crippen LogP contribution is -2.33. The van der Waals surface area contributed by atoms with Gasteiger partial charge >= 0.3 is 0 Å². The zero-order chi connectivity index (χ0) is 14.5. The van der Waals surface area contributed by atoms with Crippen molar-refractivity contribution < 1.29 is 9.53 Å². The van der Waals surface area contributed by atoms with Crippen molar-refractivity contribution in [3.05, 3.63) is 23.9 Å². The average molecular weight is 289 g/mol. The SMILES string of the molecule is O=C(NCc1ccc(N2CCCC2)nc1)C1CCOCC1. The van der Waals surface area contributed by atoms with E-state index in [-0.39, 0.29) is 11.8 Å². The molecule has 2 fully saturated rings. The largest absolute Gasteiger partial charge is 0.381 e. The molecular weight excluding hydrogens is 266 g/mol. The third-order valence-corrected chi connectivity index (χ3v) is 4.30. The third kappa shape index (κ3) is 3.73. The maximum Gasteiger partial charge on any atom is 0.223 e. The van der Waals surface area contributed by atoms with Crippen LogP contribution in [0.2, 0.25) is 0 Å². The molecule has 1 amide bonds. The minimum absolute atomic E-state index is 0.107. The molecular formula is C16H23N3O2. The van der Waals surface area contributed by atoms with E-state index in [0.717, 1.165) is 37.3 Å². The van der Waals surface area contributed by atoms with Crippen molar-refractivity contribution in [2.24, 2.45) is 5.92 Å². The summed E-state index contributed by atoms with van der Waals surface area (Å²) >= 11 is 0. The van der Waals surface area contributed by atoms with Gasteiger partial charge in [0.25, 0.3) is 0 Å². The second-order valence-corrected chi connectivity index (χ2v) is 5.82. The van der Waals surface area contributed by atoms with E-state index >= 15 is 0 Å². The van der Waals surface area contributed by atoms with Crippen LogP contribution in [0.5, 0.6) is 0 Å².